The third-order valence-electron chi connectivity index (χ3n) is 6.98. The lowest BCUT2D eigenvalue weighted by atomic mass is 10.1. The van der Waals surface area contributed by atoms with Crippen molar-refractivity contribution in [3.63, 3.8) is 0 Å². The molecule has 0 radical (unpaired) electrons. The van der Waals surface area contributed by atoms with Gasteiger partial charge in [-0.05, 0) is 26.2 Å². The van der Waals surface area contributed by atoms with E-state index in [1.54, 1.807) is 39.8 Å². The van der Waals surface area contributed by atoms with Crippen molar-refractivity contribution in [2.45, 2.75) is 6.10 Å². The van der Waals surface area contributed by atoms with Gasteiger partial charge in [0, 0.05) is 43.8 Å². The Kier molecular flexibility index (Phi) is 5.66. The summed E-state index contributed by atoms with van der Waals surface area (Å²) >= 11 is 0. The number of methoxy groups -OCH3 is 1. The molecule has 0 unspecified atom stereocenters. The Hall–Kier alpha value is -4.91. The first-order valence-corrected chi connectivity index (χ1v) is 12.9. The van der Waals surface area contributed by atoms with Crippen LogP contribution in [-0.4, -0.2) is 93.9 Å². The second kappa shape index (κ2) is 9.38. The van der Waals surface area contributed by atoms with Gasteiger partial charge in [0.1, 0.15) is 29.9 Å². The van der Waals surface area contributed by atoms with Gasteiger partial charge in [0.15, 0.2) is 11.5 Å². The van der Waals surface area contributed by atoms with Crippen molar-refractivity contribution in [3.8, 4) is 28.4 Å². The number of cyclic esters (lactones) is 1. The maximum absolute atomic E-state index is 13.0. The summed E-state index contributed by atoms with van der Waals surface area (Å²) in [5.41, 5.74) is 4.35. The van der Waals surface area contributed by atoms with E-state index in [4.69, 9.17) is 24.3 Å². The molecule has 13 heteroatoms. The van der Waals surface area contributed by atoms with Crippen molar-refractivity contribution >= 4 is 34.1 Å². The van der Waals surface area contributed by atoms with Crippen LogP contribution in [0.25, 0.3) is 33.5 Å². The number of fused-ring (bicyclic) bond motifs is 3. The number of aromatic nitrogens is 6. The number of anilines is 2. The number of nitrogens with zero attached hydrogens (tertiary/aromatic N) is 8. The fraction of sp³-hybridized carbons (Fsp3) is 0.296. The minimum Gasteiger partial charge on any atom is -0.494 e. The van der Waals surface area contributed by atoms with E-state index in [9.17, 15) is 4.79 Å². The van der Waals surface area contributed by atoms with Gasteiger partial charge in [-0.2, -0.15) is 5.10 Å². The number of hydrogen-bond donors (Lipinski definition) is 1. The molecule has 5 aromatic rings. The van der Waals surface area contributed by atoms with Gasteiger partial charge in [-0.15, -0.1) is 5.10 Å². The molecule has 0 spiro atoms. The first kappa shape index (κ1) is 24.2. The summed E-state index contributed by atoms with van der Waals surface area (Å²) in [7, 11) is 5.50. The van der Waals surface area contributed by atoms with Gasteiger partial charge in [-0.1, -0.05) is 0 Å². The highest BCUT2D eigenvalue weighted by Gasteiger charge is 2.36. The van der Waals surface area contributed by atoms with Gasteiger partial charge in [0.25, 0.3) is 0 Å². The number of carbonyl (C=O) groups excluding carboxylic acids is 1. The standard InChI is InChI=1S/C27H27N9O4/c1-33(2)14-16-15-34(27(37)40-16)26-18-12-30-19(17-13-31-35-7-4-5-29-25(17)35)9-21(18)36(32-26)22-11-23-20(10-24(22)38-3)28-6-8-39-23/h4-5,7,9-13,16,28H,6,8,14-15H2,1-3H3/t16-/m1/s1. The monoisotopic (exact) mass is 541 g/mol. The molecule has 1 N–H and O–H groups in total. The van der Waals surface area contributed by atoms with E-state index in [0.29, 0.717) is 66.0 Å². The molecule has 2 aliphatic rings. The van der Waals surface area contributed by atoms with Crippen LogP contribution in [0.1, 0.15) is 0 Å². The molecule has 4 aromatic heterocycles. The highest BCUT2D eigenvalue weighted by atomic mass is 16.6. The molecule has 1 aromatic carbocycles. The van der Waals surface area contributed by atoms with Crippen molar-refractivity contribution in [2.24, 2.45) is 0 Å². The predicted molar refractivity (Wildman–Crippen MR) is 148 cm³/mol. The Morgan fingerprint density at radius 3 is 2.95 bits per heavy atom. The zero-order valence-corrected chi connectivity index (χ0v) is 22.2. The van der Waals surface area contributed by atoms with Crippen LogP contribution in [-0.2, 0) is 4.74 Å². The number of ether oxygens (including phenoxy) is 3. The third kappa shape index (κ3) is 3.93. The van der Waals surface area contributed by atoms with Gasteiger partial charge >= 0.3 is 6.09 Å². The molecule has 1 atom stereocenters. The van der Waals surface area contributed by atoms with Crippen LogP contribution >= 0.6 is 0 Å². The molecule has 1 amide bonds. The van der Waals surface area contributed by atoms with E-state index in [0.717, 1.165) is 16.8 Å². The van der Waals surface area contributed by atoms with Crippen LogP contribution in [0.3, 0.4) is 0 Å². The van der Waals surface area contributed by atoms with Gasteiger partial charge in [-0.3, -0.25) is 9.88 Å². The molecule has 7 rings (SSSR count). The van der Waals surface area contributed by atoms with Gasteiger partial charge in [0.05, 0.1) is 47.7 Å². The van der Waals surface area contributed by atoms with Crippen LogP contribution in [0.2, 0.25) is 0 Å². The van der Waals surface area contributed by atoms with Crippen molar-refractivity contribution in [3.05, 3.63) is 49.1 Å². The number of amides is 1. The molecule has 1 saturated heterocycles. The lowest BCUT2D eigenvalue weighted by Gasteiger charge is -2.21. The molecule has 204 valence electrons. The lowest BCUT2D eigenvalue weighted by Crippen LogP contribution is -2.30. The zero-order valence-electron chi connectivity index (χ0n) is 22.2. The molecule has 1 fully saturated rings. The topological polar surface area (TPSA) is 124 Å². The molecule has 0 saturated carbocycles. The highest BCUT2D eigenvalue weighted by molar-refractivity contribution is 6.01. The minimum atomic E-state index is -0.445. The number of likely N-dealkylation sites (N-methyl/N-ethyl adjacent to an activating group) is 1. The Morgan fingerprint density at radius 1 is 1.20 bits per heavy atom. The van der Waals surface area contributed by atoms with Crippen molar-refractivity contribution in [2.75, 3.05) is 57.7 Å². The summed E-state index contributed by atoms with van der Waals surface area (Å²) in [5.74, 6) is 1.75. The largest absolute Gasteiger partial charge is 0.494 e. The molecule has 0 aliphatic carbocycles. The van der Waals surface area contributed by atoms with E-state index in [1.165, 1.54) is 0 Å². The fourth-order valence-electron chi connectivity index (χ4n) is 5.21. The number of benzene rings is 1. The van der Waals surface area contributed by atoms with Crippen LogP contribution in [0.15, 0.2) is 49.1 Å². The Morgan fingerprint density at radius 2 is 2.10 bits per heavy atom. The van der Waals surface area contributed by atoms with Crippen molar-refractivity contribution in [1.82, 2.24) is 34.3 Å². The summed E-state index contributed by atoms with van der Waals surface area (Å²) in [4.78, 5) is 25.8. The minimum absolute atomic E-state index is 0.280. The molecule has 0 bridgehead atoms. The van der Waals surface area contributed by atoms with Crippen LogP contribution in [0.4, 0.5) is 16.3 Å². The molecular formula is C27H27N9O4. The van der Waals surface area contributed by atoms with E-state index in [-0.39, 0.29) is 6.10 Å². The third-order valence-corrected chi connectivity index (χ3v) is 6.98. The van der Waals surface area contributed by atoms with Crippen LogP contribution in [0, 0.1) is 0 Å². The molecule has 6 heterocycles. The summed E-state index contributed by atoms with van der Waals surface area (Å²) in [5, 5.41) is 13.4. The summed E-state index contributed by atoms with van der Waals surface area (Å²) < 4.78 is 20.8. The van der Waals surface area contributed by atoms with Gasteiger partial charge in [0.2, 0.25) is 0 Å². The average Bonchev–Trinajstić information content (AvgIpc) is 3.66. The zero-order chi connectivity index (χ0) is 27.4. The summed E-state index contributed by atoms with van der Waals surface area (Å²) in [6.45, 7) is 2.23. The summed E-state index contributed by atoms with van der Waals surface area (Å²) in [6, 6.07) is 7.53. The maximum atomic E-state index is 13.0. The number of pyridine rings is 1. The van der Waals surface area contributed by atoms with Crippen LogP contribution < -0.4 is 19.7 Å². The highest BCUT2D eigenvalue weighted by Crippen LogP contribution is 2.40. The first-order chi connectivity index (χ1) is 19.5. The normalized spacial score (nSPS) is 16.8. The number of carbonyl (C=O) groups is 1. The smallest absolute Gasteiger partial charge is 0.416 e. The lowest BCUT2D eigenvalue weighted by molar-refractivity contribution is 0.123. The van der Waals surface area contributed by atoms with E-state index in [2.05, 4.69) is 15.4 Å². The quantitative estimate of drug-likeness (QED) is 0.343. The van der Waals surface area contributed by atoms with E-state index < -0.39 is 6.09 Å². The molecule has 2 aliphatic heterocycles. The number of hydrogen-bond acceptors (Lipinski definition) is 10. The van der Waals surface area contributed by atoms with E-state index in [1.807, 2.05) is 49.5 Å². The van der Waals surface area contributed by atoms with E-state index >= 15 is 0 Å². The Bertz CT molecular complexity index is 1760. The summed E-state index contributed by atoms with van der Waals surface area (Å²) in [6.07, 6.45) is 6.29. The second-order valence-corrected chi connectivity index (χ2v) is 9.94. The Balaban J connectivity index is 1.42. The van der Waals surface area contributed by atoms with Crippen molar-refractivity contribution < 1.29 is 19.0 Å². The molecule has 13 nitrogen and oxygen atoms in total. The number of nitrogens with one attached hydrogen (secondary N) is 1. The predicted octanol–water partition coefficient (Wildman–Crippen LogP) is 2.83. The molecular weight excluding hydrogens is 514 g/mol. The second-order valence-electron chi connectivity index (χ2n) is 9.94. The van der Waals surface area contributed by atoms with Gasteiger partial charge < -0.3 is 24.4 Å². The maximum Gasteiger partial charge on any atom is 0.416 e. The Labute approximate surface area is 228 Å². The van der Waals surface area contributed by atoms with Crippen molar-refractivity contribution in [1.29, 1.82) is 0 Å². The molecule has 40 heavy (non-hydrogen) atoms. The number of rotatable bonds is 6. The van der Waals surface area contributed by atoms with Gasteiger partial charge in [-0.25, -0.2) is 19.0 Å². The van der Waals surface area contributed by atoms with Crippen LogP contribution in [0.5, 0.6) is 11.5 Å². The average molecular weight is 542 g/mol. The fourth-order valence-corrected chi connectivity index (χ4v) is 5.21. The first-order valence-electron chi connectivity index (χ1n) is 12.9. The SMILES string of the molecule is COc1cc2c(cc1-n1nc(N3C[C@@H](CN(C)C)OC3=O)c3cnc(-c4cnn5cccnc45)cc31)OCCN2.